The van der Waals surface area contributed by atoms with Gasteiger partial charge in [-0.1, -0.05) is 0 Å². The smallest absolute Gasteiger partial charge is 0.128 e. The second-order valence-corrected chi connectivity index (χ2v) is 3.61. The van der Waals surface area contributed by atoms with Crippen LogP contribution in [0.15, 0.2) is 16.6 Å². The van der Waals surface area contributed by atoms with Crippen LogP contribution in [0.2, 0.25) is 0 Å². The number of rotatable bonds is 2. The Morgan fingerprint density at radius 3 is 2.67 bits per heavy atom. The first-order chi connectivity index (χ1) is 5.65. The molecule has 0 radical (unpaired) electrons. The summed E-state index contributed by atoms with van der Waals surface area (Å²) < 4.78 is 1.07. The van der Waals surface area contributed by atoms with Crippen molar-refractivity contribution in [2.45, 2.75) is 13.8 Å². The molecule has 0 N–H and O–H groups in total. The van der Waals surface area contributed by atoms with Gasteiger partial charge < -0.3 is 4.90 Å². The number of pyridine rings is 1. The van der Waals surface area contributed by atoms with E-state index in [4.69, 9.17) is 0 Å². The van der Waals surface area contributed by atoms with Crippen molar-refractivity contribution in [3.63, 3.8) is 0 Å². The number of anilines is 1. The molecule has 1 aromatic rings. The fourth-order valence-electron chi connectivity index (χ4n) is 0.905. The molecule has 0 saturated heterocycles. The van der Waals surface area contributed by atoms with Crippen LogP contribution >= 0.6 is 15.9 Å². The van der Waals surface area contributed by atoms with Crippen LogP contribution in [-0.2, 0) is 0 Å². The molecule has 0 saturated carbocycles. The molecule has 0 aromatic carbocycles. The fourth-order valence-corrected chi connectivity index (χ4v) is 1.13. The Hall–Kier alpha value is -0.570. The van der Waals surface area contributed by atoms with Gasteiger partial charge in [-0.05, 0) is 41.9 Å². The van der Waals surface area contributed by atoms with Crippen molar-refractivity contribution in [1.29, 1.82) is 0 Å². The highest BCUT2D eigenvalue weighted by Gasteiger charge is 2.01. The van der Waals surface area contributed by atoms with E-state index < -0.39 is 0 Å². The van der Waals surface area contributed by atoms with Crippen molar-refractivity contribution in [3.8, 4) is 0 Å². The lowest BCUT2D eigenvalue weighted by Gasteiger charge is -2.15. The minimum Gasteiger partial charge on any atom is -0.360 e. The summed E-state index contributed by atoms with van der Waals surface area (Å²) in [4.78, 5) is 6.53. The Morgan fingerprint density at radius 2 is 2.17 bits per heavy atom. The zero-order chi connectivity index (χ0) is 9.14. The molecule has 0 aliphatic heterocycles. The summed E-state index contributed by atoms with van der Waals surface area (Å²) >= 11 is 3.42. The number of halogens is 1. The first-order valence-corrected chi connectivity index (χ1v) is 4.78. The molecule has 1 aromatic heterocycles. The van der Waals surface area contributed by atoms with Gasteiger partial charge in [0.15, 0.2) is 0 Å². The topological polar surface area (TPSA) is 16.1 Å². The summed E-state index contributed by atoms with van der Waals surface area (Å²) in [6, 6.07) is 4.05. The van der Waals surface area contributed by atoms with Gasteiger partial charge in [-0.15, -0.1) is 0 Å². The zero-order valence-electron chi connectivity index (χ0n) is 7.63. The van der Waals surface area contributed by atoms with E-state index in [9.17, 15) is 0 Å². The summed E-state index contributed by atoms with van der Waals surface area (Å²) in [5.41, 5.74) is 1.04. The summed E-state index contributed by atoms with van der Waals surface area (Å²) in [5, 5.41) is 0. The minimum atomic E-state index is 0.980. The van der Waals surface area contributed by atoms with Crippen molar-refractivity contribution in [1.82, 2.24) is 4.98 Å². The Morgan fingerprint density at radius 1 is 1.50 bits per heavy atom. The largest absolute Gasteiger partial charge is 0.360 e. The third kappa shape index (κ3) is 1.97. The van der Waals surface area contributed by atoms with Crippen molar-refractivity contribution in [3.05, 3.63) is 22.3 Å². The van der Waals surface area contributed by atoms with Crippen LogP contribution in [0.4, 0.5) is 5.82 Å². The quantitative estimate of drug-likeness (QED) is 0.774. The van der Waals surface area contributed by atoms with Crippen molar-refractivity contribution < 1.29 is 0 Å². The maximum atomic E-state index is 4.42. The molecule has 1 heterocycles. The van der Waals surface area contributed by atoms with Gasteiger partial charge in [0, 0.05) is 18.1 Å². The average Bonchev–Trinajstić information content (AvgIpc) is 2.08. The Kier molecular flexibility index (Phi) is 3.09. The molecule has 0 aliphatic rings. The lowest BCUT2D eigenvalue weighted by Crippen LogP contribution is -2.17. The second-order valence-electron chi connectivity index (χ2n) is 2.75. The van der Waals surface area contributed by atoms with Crippen molar-refractivity contribution in [2.75, 3.05) is 18.5 Å². The maximum Gasteiger partial charge on any atom is 0.128 e. The van der Waals surface area contributed by atoms with E-state index >= 15 is 0 Å². The molecule has 0 spiro atoms. The second kappa shape index (κ2) is 3.90. The Labute approximate surface area is 81.7 Å². The van der Waals surface area contributed by atoms with Gasteiger partial charge in [0.2, 0.25) is 0 Å². The zero-order valence-corrected chi connectivity index (χ0v) is 9.22. The lowest BCUT2D eigenvalue weighted by molar-refractivity contribution is 0.929. The number of aromatic nitrogens is 1. The van der Waals surface area contributed by atoms with Gasteiger partial charge in [0.1, 0.15) is 5.82 Å². The normalized spacial score (nSPS) is 10.0. The van der Waals surface area contributed by atoms with Crippen LogP contribution in [0.1, 0.15) is 12.6 Å². The van der Waals surface area contributed by atoms with Crippen LogP contribution < -0.4 is 4.90 Å². The molecule has 0 unspecified atom stereocenters. The lowest BCUT2D eigenvalue weighted by atomic mass is 10.3. The molecule has 2 nitrogen and oxygen atoms in total. The third-order valence-electron chi connectivity index (χ3n) is 1.87. The average molecular weight is 229 g/mol. The summed E-state index contributed by atoms with van der Waals surface area (Å²) in [6.07, 6.45) is 0. The Balaban J connectivity index is 2.96. The molecule has 0 fully saturated rings. The van der Waals surface area contributed by atoms with Crippen LogP contribution in [0.5, 0.6) is 0 Å². The van der Waals surface area contributed by atoms with Crippen LogP contribution in [0.25, 0.3) is 0 Å². The van der Waals surface area contributed by atoms with Gasteiger partial charge in [-0.25, -0.2) is 4.98 Å². The van der Waals surface area contributed by atoms with E-state index in [0.29, 0.717) is 0 Å². The minimum absolute atomic E-state index is 0.980. The summed E-state index contributed by atoms with van der Waals surface area (Å²) in [7, 11) is 2.04. The summed E-state index contributed by atoms with van der Waals surface area (Å²) in [5.74, 6) is 1.03. The molecule has 0 aliphatic carbocycles. The SMILES string of the molecule is CCN(C)c1ccc(Br)c(C)n1. The van der Waals surface area contributed by atoms with Gasteiger partial charge in [0.25, 0.3) is 0 Å². The first kappa shape index (κ1) is 9.52. The van der Waals surface area contributed by atoms with Crippen LogP contribution in [-0.4, -0.2) is 18.6 Å². The standard InChI is InChI=1S/C9H13BrN2/c1-4-12(3)9-6-5-8(10)7(2)11-9/h5-6H,4H2,1-3H3. The van der Waals surface area contributed by atoms with Crippen LogP contribution in [0, 0.1) is 6.92 Å². The highest BCUT2D eigenvalue weighted by Crippen LogP contribution is 2.17. The highest BCUT2D eigenvalue weighted by atomic mass is 79.9. The monoisotopic (exact) mass is 228 g/mol. The van der Waals surface area contributed by atoms with E-state index in [-0.39, 0.29) is 0 Å². The predicted molar refractivity (Wildman–Crippen MR) is 55.6 cm³/mol. The Bertz CT molecular complexity index is 273. The number of aryl methyl sites for hydroxylation is 1. The van der Waals surface area contributed by atoms with Crippen molar-refractivity contribution in [2.24, 2.45) is 0 Å². The molecular weight excluding hydrogens is 216 g/mol. The molecule has 12 heavy (non-hydrogen) atoms. The van der Waals surface area contributed by atoms with E-state index in [1.165, 1.54) is 0 Å². The predicted octanol–water partition coefficient (Wildman–Crippen LogP) is 2.61. The van der Waals surface area contributed by atoms with E-state index in [2.05, 4.69) is 32.7 Å². The molecule has 0 amide bonds. The van der Waals surface area contributed by atoms with Gasteiger partial charge in [0.05, 0.1) is 5.69 Å². The van der Waals surface area contributed by atoms with Gasteiger partial charge in [-0.3, -0.25) is 0 Å². The molecule has 1 rings (SSSR count). The molecule has 0 bridgehead atoms. The van der Waals surface area contributed by atoms with E-state index in [0.717, 1.165) is 22.5 Å². The van der Waals surface area contributed by atoms with E-state index in [1.54, 1.807) is 0 Å². The molecule has 3 heteroatoms. The van der Waals surface area contributed by atoms with E-state index in [1.807, 2.05) is 26.1 Å². The molecular formula is C9H13BrN2. The van der Waals surface area contributed by atoms with Gasteiger partial charge >= 0.3 is 0 Å². The molecule has 0 atom stereocenters. The maximum absolute atomic E-state index is 4.42. The number of hydrogen-bond donors (Lipinski definition) is 0. The molecule has 66 valence electrons. The van der Waals surface area contributed by atoms with Crippen LogP contribution in [0.3, 0.4) is 0 Å². The number of hydrogen-bond acceptors (Lipinski definition) is 2. The van der Waals surface area contributed by atoms with Crippen molar-refractivity contribution >= 4 is 21.7 Å². The fraction of sp³-hybridized carbons (Fsp3) is 0.444. The van der Waals surface area contributed by atoms with Gasteiger partial charge in [-0.2, -0.15) is 0 Å². The third-order valence-corrected chi connectivity index (χ3v) is 2.71. The summed E-state index contributed by atoms with van der Waals surface area (Å²) in [6.45, 7) is 5.09. The number of nitrogens with zero attached hydrogens (tertiary/aromatic N) is 2. The highest BCUT2D eigenvalue weighted by molar-refractivity contribution is 9.10. The first-order valence-electron chi connectivity index (χ1n) is 3.99.